The summed E-state index contributed by atoms with van der Waals surface area (Å²) < 4.78 is 0. The van der Waals surface area contributed by atoms with Crippen molar-refractivity contribution in [2.24, 2.45) is 5.41 Å². The minimum atomic E-state index is 0.413. The lowest BCUT2D eigenvalue weighted by Crippen LogP contribution is -2.23. The summed E-state index contributed by atoms with van der Waals surface area (Å²) in [6.45, 7) is 4.70. The van der Waals surface area contributed by atoms with Crippen LogP contribution in [0.4, 0.5) is 0 Å². The van der Waals surface area contributed by atoms with Crippen LogP contribution in [0.25, 0.3) is 16.5 Å². The Hall–Kier alpha value is -1.57. The molecule has 19 heavy (non-hydrogen) atoms. The lowest BCUT2D eigenvalue weighted by molar-refractivity contribution is 0.340. The number of rotatable bonds is 1. The van der Waals surface area contributed by atoms with Crippen LogP contribution < -0.4 is 0 Å². The summed E-state index contributed by atoms with van der Waals surface area (Å²) in [4.78, 5) is 0. The fourth-order valence-corrected chi connectivity index (χ4v) is 4.40. The number of fused-ring (bicyclic) bond motifs is 5. The SMILES string of the molecule is CC[C@@]12CCCC(C)=C1c1ccc3[nH]ncc3c1C2. The Balaban J connectivity index is 2.04. The predicted octanol–water partition coefficient (Wildman–Crippen LogP) is 4.47. The van der Waals surface area contributed by atoms with Crippen molar-refractivity contribution in [3.63, 3.8) is 0 Å². The number of aromatic amines is 1. The second-order valence-electron chi connectivity index (χ2n) is 6.24. The second kappa shape index (κ2) is 3.72. The molecule has 0 saturated heterocycles. The van der Waals surface area contributed by atoms with Crippen molar-refractivity contribution < 1.29 is 0 Å². The van der Waals surface area contributed by atoms with Gasteiger partial charge in [0.25, 0.3) is 0 Å². The van der Waals surface area contributed by atoms with Gasteiger partial charge in [0.1, 0.15) is 0 Å². The molecule has 1 N–H and O–H groups in total. The third kappa shape index (κ3) is 1.35. The summed E-state index contributed by atoms with van der Waals surface area (Å²) in [7, 11) is 0. The van der Waals surface area contributed by atoms with Gasteiger partial charge < -0.3 is 0 Å². The Labute approximate surface area is 113 Å². The van der Waals surface area contributed by atoms with E-state index in [4.69, 9.17) is 0 Å². The Kier molecular flexibility index (Phi) is 2.21. The average molecular weight is 252 g/mol. The highest BCUT2D eigenvalue weighted by Crippen LogP contribution is 2.57. The monoisotopic (exact) mass is 252 g/mol. The van der Waals surface area contributed by atoms with Crippen LogP contribution in [-0.2, 0) is 6.42 Å². The molecule has 0 spiro atoms. The molecule has 1 heterocycles. The van der Waals surface area contributed by atoms with E-state index in [9.17, 15) is 0 Å². The lowest BCUT2D eigenvalue weighted by atomic mass is 9.69. The van der Waals surface area contributed by atoms with Crippen molar-refractivity contribution >= 4 is 16.5 Å². The first-order valence-electron chi connectivity index (χ1n) is 7.41. The molecule has 0 unspecified atom stereocenters. The highest BCUT2D eigenvalue weighted by Gasteiger charge is 2.43. The van der Waals surface area contributed by atoms with Crippen LogP contribution in [0.3, 0.4) is 0 Å². The number of hydrogen-bond acceptors (Lipinski definition) is 1. The summed E-state index contributed by atoms with van der Waals surface area (Å²) >= 11 is 0. The van der Waals surface area contributed by atoms with E-state index >= 15 is 0 Å². The summed E-state index contributed by atoms with van der Waals surface area (Å²) in [5.41, 5.74) is 7.92. The van der Waals surface area contributed by atoms with Gasteiger partial charge in [-0.05, 0) is 67.2 Å². The zero-order chi connectivity index (χ0) is 13.0. The molecule has 0 radical (unpaired) electrons. The van der Waals surface area contributed by atoms with Crippen molar-refractivity contribution in [3.8, 4) is 0 Å². The first-order valence-corrected chi connectivity index (χ1v) is 7.41. The van der Waals surface area contributed by atoms with E-state index in [1.54, 1.807) is 11.1 Å². The Morgan fingerprint density at radius 3 is 3.11 bits per heavy atom. The molecule has 4 rings (SSSR count). The maximum absolute atomic E-state index is 4.22. The minimum absolute atomic E-state index is 0.413. The molecule has 1 aromatic heterocycles. The number of allylic oxidation sites excluding steroid dienone is 2. The maximum Gasteiger partial charge on any atom is 0.0653 e. The average Bonchev–Trinajstić information content (AvgIpc) is 3.00. The van der Waals surface area contributed by atoms with Gasteiger partial charge in [-0.3, -0.25) is 5.10 Å². The Morgan fingerprint density at radius 2 is 2.26 bits per heavy atom. The van der Waals surface area contributed by atoms with E-state index in [-0.39, 0.29) is 0 Å². The van der Waals surface area contributed by atoms with Gasteiger partial charge in [0.2, 0.25) is 0 Å². The van der Waals surface area contributed by atoms with Gasteiger partial charge in [0.05, 0.1) is 11.7 Å². The molecule has 0 fully saturated rings. The van der Waals surface area contributed by atoms with Gasteiger partial charge >= 0.3 is 0 Å². The molecule has 2 nitrogen and oxygen atoms in total. The van der Waals surface area contributed by atoms with Crippen molar-refractivity contribution in [1.82, 2.24) is 10.2 Å². The Morgan fingerprint density at radius 1 is 1.37 bits per heavy atom. The second-order valence-corrected chi connectivity index (χ2v) is 6.24. The fourth-order valence-electron chi connectivity index (χ4n) is 4.40. The normalized spacial score (nSPS) is 25.8. The maximum atomic E-state index is 4.22. The molecule has 1 atom stereocenters. The molecule has 2 aromatic rings. The predicted molar refractivity (Wildman–Crippen MR) is 79.0 cm³/mol. The number of aromatic nitrogens is 2. The quantitative estimate of drug-likeness (QED) is 0.796. The van der Waals surface area contributed by atoms with Crippen molar-refractivity contribution in [3.05, 3.63) is 35.0 Å². The van der Waals surface area contributed by atoms with E-state index in [0.717, 1.165) is 0 Å². The van der Waals surface area contributed by atoms with Crippen molar-refractivity contribution in [1.29, 1.82) is 0 Å². The van der Waals surface area contributed by atoms with Gasteiger partial charge in [-0.1, -0.05) is 18.6 Å². The van der Waals surface area contributed by atoms with Crippen molar-refractivity contribution in [2.45, 2.75) is 46.0 Å². The summed E-state index contributed by atoms with van der Waals surface area (Å²) in [6, 6.07) is 4.51. The third-order valence-corrected chi connectivity index (χ3v) is 5.36. The molecule has 0 saturated carbocycles. The molecule has 2 heteroatoms. The highest BCUT2D eigenvalue weighted by molar-refractivity contribution is 5.92. The third-order valence-electron chi connectivity index (χ3n) is 5.36. The van der Waals surface area contributed by atoms with E-state index < -0.39 is 0 Å². The number of nitrogens with zero attached hydrogens (tertiary/aromatic N) is 1. The molecule has 1 aromatic carbocycles. The van der Waals surface area contributed by atoms with E-state index in [0.29, 0.717) is 5.41 Å². The van der Waals surface area contributed by atoms with Crippen LogP contribution >= 0.6 is 0 Å². The summed E-state index contributed by atoms with van der Waals surface area (Å²) in [5.74, 6) is 0. The highest BCUT2D eigenvalue weighted by atomic mass is 15.1. The van der Waals surface area contributed by atoms with Gasteiger partial charge in [0.15, 0.2) is 0 Å². The first kappa shape index (κ1) is 11.3. The number of H-pyrrole nitrogens is 1. The molecule has 98 valence electrons. The number of nitrogens with one attached hydrogen (secondary N) is 1. The largest absolute Gasteiger partial charge is 0.278 e. The molecule has 0 amide bonds. The molecule has 0 aliphatic heterocycles. The molecule has 0 bridgehead atoms. The number of benzene rings is 1. The fraction of sp³-hybridized carbons (Fsp3) is 0.471. The standard InChI is InChI=1S/C17H20N2/c1-3-17-8-4-5-11(2)16(17)12-6-7-15-14(10-18-19-15)13(12)9-17/h6-7,10H,3-5,8-9H2,1-2H3,(H,18,19)/t17-/m0/s1. The van der Waals surface area contributed by atoms with Gasteiger partial charge in [-0.15, -0.1) is 0 Å². The first-order chi connectivity index (χ1) is 9.25. The molecular formula is C17H20N2. The van der Waals surface area contributed by atoms with E-state index in [1.165, 1.54) is 54.1 Å². The lowest BCUT2D eigenvalue weighted by Gasteiger charge is -2.35. The zero-order valence-electron chi connectivity index (χ0n) is 11.7. The topological polar surface area (TPSA) is 28.7 Å². The minimum Gasteiger partial charge on any atom is -0.278 e. The van der Waals surface area contributed by atoms with Crippen LogP contribution in [0.15, 0.2) is 23.9 Å². The van der Waals surface area contributed by atoms with Gasteiger partial charge in [0, 0.05) is 5.39 Å². The van der Waals surface area contributed by atoms with Crippen LogP contribution in [0, 0.1) is 5.41 Å². The summed E-state index contributed by atoms with van der Waals surface area (Å²) in [5, 5.41) is 8.66. The van der Waals surface area contributed by atoms with E-state index in [1.807, 2.05) is 6.20 Å². The van der Waals surface area contributed by atoms with Crippen LogP contribution in [0.2, 0.25) is 0 Å². The van der Waals surface area contributed by atoms with Crippen molar-refractivity contribution in [2.75, 3.05) is 0 Å². The number of hydrogen-bond donors (Lipinski definition) is 1. The van der Waals surface area contributed by atoms with Crippen LogP contribution in [0.1, 0.15) is 50.7 Å². The van der Waals surface area contributed by atoms with Crippen LogP contribution in [-0.4, -0.2) is 10.2 Å². The zero-order valence-corrected chi connectivity index (χ0v) is 11.7. The molecule has 2 aliphatic carbocycles. The Bertz CT molecular complexity index is 692. The van der Waals surface area contributed by atoms with Gasteiger partial charge in [-0.2, -0.15) is 5.10 Å². The summed E-state index contributed by atoms with van der Waals surface area (Å²) in [6.07, 6.45) is 8.46. The van der Waals surface area contributed by atoms with E-state index in [2.05, 4.69) is 36.2 Å². The van der Waals surface area contributed by atoms with Gasteiger partial charge in [-0.25, -0.2) is 0 Å². The molecular weight excluding hydrogens is 232 g/mol. The smallest absolute Gasteiger partial charge is 0.0653 e. The van der Waals surface area contributed by atoms with Crippen LogP contribution in [0.5, 0.6) is 0 Å². The molecule has 2 aliphatic rings.